The molecule has 2 fully saturated rings. The maximum atomic E-state index is 13.3. The van der Waals surface area contributed by atoms with Crippen molar-refractivity contribution in [3.8, 4) is 5.75 Å². The van der Waals surface area contributed by atoms with Crippen molar-refractivity contribution >= 4 is 17.5 Å². The number of nitrogens with one attached hydrogen (secondary N) is 1. The fourth-order valence-corrected chi connectivity index (χ4v) is 4.75. The van der Waals surface area contributed by atoms with Crippen molar-refractivity contribution in [2.45, 2.75) is 44.7 Å². The van der Waals surface area contributed by atoms with Crippen molar-refractivity contribution < 1.29 is 31.9 Å². The Bertz CT molecular complexity index is 1290. The first kappa shape index (κ1) is 25.9. The lowest BCUT2D eigenvalue weighted by atomic mass is 9.89. The van der Waals surface area contributed by atoms with Gasteiger partial charge in [-0.15, -0.1) is 0 Å². The molecule has 6 nitrogen and oxygen atoms in total. The zero-order valence-corrected chi connectivity index (χ0v) is 21.0. The lowest BCUT2D eigenvalue weighted by Crippen LogP contribution is -2.38. The molecule has 2 aromatic carbocycles. The van der Waals surface area contributed by atoms with E-state index in [0.29, 0.717) is 49.4 Å². The number of halogens is 3. The largest absolute Gasteiger partial charge is 0.493 e. The van der Waals surface area contributed by atoms with Crippen LogP contribution in [0.25, 0.3) is 0 Å². The molecule has 5 rings (SSSR count). The average Bonchev–Trinajstić information content (AvgIpc) is 3.66. The van der Waals surface area contributed by atoms with Crippen LogP contribution in [0.1, 0.15) is 69.2 Å². The molecule has 200 valence electrons. The minimum Gasteiger partial charge on any atom is -0.493 e. The molecule has 0 spiro atoms. The molecule has 1 aliphatic carbocycles. The summed E-state index contributed by atoms with van der Waals surface area (Å²) in [6, 6.07) is 14.6. The van der Waals surface area contributed by atoms with E-state index in [1.807, 2.05) is 24.3 Å². The van der Waals surface area contributed by atoms with Crippen molar-refractivity contribution in [1.29, 1.82) is 0 Å². The maximum absolute atomic E-state index is 13.3. The minimum atomic E-state index is -4.65. The number of hydrogen-bond donors (Lipinski definition) is 1. The topological polar surface area (TPSA) is 71.8 Å². The second-order valence-corrected chi connectivity index (χ2v) is 10.00. The van der Waals surface area contributed by atoms with Gasteiger partial charge in [-0.3, -0.25) is 9.59 Å². The molecule has 0 unspecified atom stereocenters. The van der Waals surface area contributed by atoms with Gasteiger partial charge < -0.3 is 19.4 Å². The number of likely N-dealkylation sites (tertiary alicyclic amines) is 1. The molecule has 1 aromatic heterocycles. The number of anilines is 1. The summed E-state index contributed by atoms with van der Waals surface area (Å²) in [6.45, 7) is 2.79. The van der Waals surface area contributed by atoms with Crippen molar-refractivity contribution in [3.05, 3.63) is 82.8 Å². The first-order chi connectivity index (χ1) is 18.2. The molecular formula is C29H29F3N2O4. The Balaban J connectivity index is 1.14. The third-order valence-corrected chi connectivity index (χ3v) is 7.22. The summed E-state index contributed by atoms with van der Waals surface area (Å²) >= 11 is 0. The SMILES string of the molecule is Cc1occ(C(F)(F)F)c1C(=O)N1CCC(c2ccc(NC(=O)c3ccc(OCC4CC4)cc3)cc2)CC1. The number of nitrogens with zero attached hydrogens (tertiary/aromatic N) is 1. The number of carbonyl (C=O) groups is 2. The first-order valence-electron chi connectivity index (χ1n) is 12.8. The first-order valence-corrected chi connectivity index (χ1v) is 12.8. The third-order valence-electron chi connectivity index (χ3n) is 7.22. The molecule has 1 saturated heterocycles. The van der Waals surface area contributed by atoms with E-state index >= 15 is 0 Å². The maximum Gasteiger partial charge on any atom is 0.420 e. The van der Waals surface area contributed by atoms with Gasteiger partial charge in [0.05, 0.1) is 12.2 Å². The highest BCUT2D eigenvalue weighted by molar-refractivity contribution is 6.04. The molecule has 0 bridgehead atoms. The highest BCUT2D eigenvalue weighted by Crippen LogP contribution is 2.36. The second-order valence-electron chi connectivity index (χ2n) is 10.00. The van der Waals surface area contributed by atoms with Gasteiger partial charge in [-0.25, -0.2) is 0 Å². The van der Waals surface area contributed by atoms with E-state index in [2.05, 4.69) is 5.32 Å². The van der Waals surface area contributed by atoms with Crippen LogP contribution >= 0.6 is 0 Å². The number of amides is 2. The van der Waals surface area contributed by atoms with Crippen molar-refractivity contribution in [2.75, 3.05) is 25.0 Å². The summed E-state index contributed by atoms with van der Waals surface area (Å²) in [5.41, 5.74) is 0.818. The van der Waals surface area contributed by atoms with E-state index in [4.69, 9.17) is 9.15 Å². The van der Waals surface area contributed by atoms with Gasteiger partial charge >= 0.3 is 6.18 Å². The lowest BCUT2D eigenvalue weighted by molar-refractivity contribution is -0.138. The smallest absolute Gasteiger partial charge is 0.420 e. The number of carbonyl (C=O) groups excluding carboxylic acids is 2. The number of hydrogen-bond acceptors (Lipinski definition) is 4. The van der Waals surface area contributed by atoms with Gasteiger partial charge in [0, 0.05) is 24.3 Å². The van der Waals surface area contributed by atoms with Gasteiger partial charge in [0.25, 0.3) is 11.8 Å². The summed E-state index contributed by atoms with van der Waals surface area (Å²) < 4.78 is 50.5. The van der Waals surface area contributed by atoms with Crippen molar-refractivity contribution in [1.82, 2.24) is 4.90 Å². The highest BCUT2D eigenvalue weighted by atomic mass is 19.4. The number of ether oxygens (including phenoxy) is 1. The number of aryl methyl sites for hydroxylation is 1. The number of benzene rings is 2. The number of alkyl halides is 3. The average molecular weight is 527 g/mol. The van der Waals surface area contributed by atoms with Gasteiger partial charge in [0.15, 0.2) is 0 Å². The quantitative estimate of drug-likeness (QED) is 0.373. The van der Waals surface area contributed by atoms with Gasteiger partial charge in [0.2, 0.25) is 0 Å². The molecule has 2 aliphatic rings. The molecule has 1 N–H and O–H groups in total. The van der Waals surface area contributed by atoms with E-state index < -0.39 is 23.2 Å². The molecule has 38 heavy (non-hydrogen) atoms. The van der Waals surface area contributed by atoms with Crippen LogP contribution < -0.4 is 10.1 Å². The fraction of sp³-hybridized carbons (Fsp3) is 0.379. The van der Waals surface area contributed by atoms with Crippen LogP contribution in [0, 0.1) is 12.8 Å². The monoisotopic (exact) mass is 526 g/mol. The van der Waals surface area contributed by atoms with Gasteiger partial charge in [-0.1, -0.05) is 12.1 Å². The Morgan fingerprint density at radius 1 is 1.00 bits per heavy atom. The predicted molar refractivity (Wildman–Crippen MR) is 135 cm³/mol. The van der Waals surface area contributed by atoms with Crippen molar-refractivity contribution in [3.63, 3.8) is 0 Å². The Morgan fingerprint density at radius 3 is 2.26 bits per heavy atom. The van der Waals surface area contributed by atoms with E-state index in [9.17, 15) is 22.8 Å². The molecule has 2 amide bonds. The summed E-state index contributed by atoms with van der Waals surface area (Å²) in [5, 5.41) is 2.89. The zero-order valence-electron chi connectivity index (χ0n) is 21.0. The minimum absolute atomic E-state index is 0.0278. The van der Waals surface area contributed by atoms with E-state index in [0.717, 1.165) is 17.9 Å². The molecule has 9 heteroatoms. The molecule has 2 heterocycles. The Morgan fingerprint density at radius 2 is 1.66 bits per heavy atom. The van der Waals surface area contributed by atoms with Gasteiger partial charge in [-0.2, -0.15) is 13.2 Å². The fourth-order valence-electron chi connectivity index (χ4n) is 4.75. The molecule has 0 radical (unpaired) electrons. The molecule has 1 aliphatic heterocycles. The summed E-state index contributed by atoms with van der Waals surface area (Å²) in [5.74, 6) is 0.688. The van der Waals surface area contributed by atoms with Crippen LogP contribution in [0.15, 0.2) is 59.2 Å². The van der Waals surface area contributed by atoms with Crippen LogP contribution in [-0.2, 0) is 6.18 Å². The van der Waals surface area contributed by atoms with Crippen LogP contribution in [0.2, 0.25) is 0 Å². The second kappa shape index (κ2) is 10.6. The van der Waals surface area contributed by atoms with E-state index in [-0.39, 0.29) is 17.6 Å². The summed E-state index contributed by atoms with van der Waals surface area (Å²) in [4.78, 5) is 26.9. The molecular weight excluding hydrogens is 497 g/mol. The van der Waals surface area contributed by atoms with Crippen LogP contribution in [-0.4, -0.2) is 36.4 Å². The lowest BCUT2D eigenvalue weighted by Gasteiger charge is -2.32. The number of furan rings is 1. The normalized spacial score (nSPS) is 16.4. The standard InChI is InChI=1S/C29H29F3N2O4/c1-18-26(25(17-37-18)29(30,31)32)28(36)34-14-12-21(13-15-34)20-4-8-23(9-5-20)33-27(35)22-6-10-24(11-7-22)38-16-19-2-3-19/h4-11,17,19,21H,2-3,12-16H2,1H3,(H,33,35). The van der Waals surface area contributed by atoms with Crippen molar-refractivity contribution in [2.24, 2.45) is 5.92 Å². The molecule has 1 saturated carbocycles. The van der Waals surface area contributed by atoms with Crippen LogP contribution in [0.4, 0.5) is 18.9 Å². The third kappa shape index (κ3) is 5.87. The Hall–Kier alpha value is -3.75. The Kier molecular flexibility index (Phi) is 7.19. The Labute approximate surface area is 218 Å². The van der Waals surface area contributed by atoms with Crippen LogP contribution in [0.5, 0.6) is 5.75 Å². The highest BCUT2D eigenvalue weighted by Gasteiger charge is 2.40. The molecule has 3 aromatic rings. The van der Waals surface area contributed by atoms with Gasteiger partial charge in [0.1, 0.15) is 23.3 Å². The zero-order chi connectivity index (χ0) is 26.9. The predicted octanol–water partition coefficient (Wildman–Crippen LogP) is 6.67. The van der Waals surface area contributed by atoms with Crippen LogP contribution in [0.3, 0.4) is 0 Å². The summed E-state index contributed by atoms with van der Waals surface area (Å²) in [6.07, 6.45) is -0.345. The van der Waals surface area contributed by atoms with Gasteiger partial charge in [-0.05, 0) is 86.4 Å². The molecule has 0 atom stereocenters. The summed E-state index contributed by atoms with van der Waals surface area (Å²) in [7, 11) is 0. The van der Waals surface area contributed by atoms with E-state index in [1.165, 1.54) is 24.7 Å². The number of piperidine rings is 1. The number of rotatable bonds is 7. The van der Waals surface area contributed by atoms with E-state index in [1.54, 1.807) is 24.3 Å².